The van der Waals surface area contributed by atoms with Gasteiger partial charge in [-0.1, -0.05) is 0 Å². The molecule has 3 heterocycles. The smallest absolute Gasteiger partial charge is 0.253 e. The molecule has 2 aliphatic rings. The highest BCUT2D eigenvalue weighted by atomic mass is 16.5. The van der Waals surface area contributed by atoms with Gasteiger partial charge in [0.05, 0.1) is 24.5 Å². The van der Waals surface area contributed by atoms with E-state index in [0.29, 0.717) is 24.6 Å². The second kappa shape index (κ2) is 6.64. The first-order valence-electron chi connectivity index (χ1n) is 7.94. The van der Waals surface area contributed by atoms with Gasteiger partial charge >= 0.3 is 0 Å². The zero-order valence-corrected chi connectivity index (χ0v) is 13.5. The standard InChI is InChI=1S/C16H22N4O3/c1-11-3-5-13(23-11)16(22)18-12-4-6-14(17-9-12)20-8-7-19(2)10-15(20)21/h4,6,9,11,13H,3,5,7-8,10H2,1-2H3,(H,18,22). The Morgan fingerprint density at radius 3 is 2.78 bits per heavy atom. The van der Waals surface area contributed by atoms with E-state index in [1.165, 1.54) is 0 Å². The van der Waals surface area contributed by atoms with E-state index < -0.39 is 0 Å². The first-order chi connectivity index (χ1) is 11.0. The quantitative estimate of drug-likeness (QED) is 0.895. The Hall–Kier alpha value is -1.99. The van der Waals surface area contributed by atoms with Crippen LogP contribution in [-0.2, 0) is 14.3 Å². The SMILES string of the molecule is CC1CCC(C(=O)Nc2ccc(N3CCN(C)CC3=O)nc2)O1. The van der Waals surface area contributed by atoms with E-state index in [-0.39, 0.29) is 24.0 Å². The molecule has 2 amide bonds. The number of anilines is 2. The summed E-state index contributed by atoms with van der Waals surface area (Å²) in [6.45, 7) is 3.82. The molecule has 124 valence electrons. The van der Waals surface area contributed by atoms with E-state index in [1.807, 2.05) is 18.9 Å². The van der Waals surface area contributed by atoms with E-state index in [9.17, 15) is 9.59 Å². The summed E-state index contributed by atoms with van der Waals surface area (Å²) in [6, 6.07) is 3.53. The molecule has 2 unspecified atom stereocenters. The summed E-state index contributed by atoms with van der Waals surface area (Å²) in [5.41, 5.74) is 0.614. The number of carbonyl (C=O) groups is 2. The maximum Gasteiger partial charge on any atom is 0.253 e. The Labute approximate surface area is 135 Å². The Morgan fingerprint density at radius 1 is 1.35 bits per heavy atom. The van der Waals surface area contributed by atoms with E-state index in [1.54, 1.807) is 23.2 Å². The number of ether oxygens (including phenoxy) is 1. The van der Waals surface area contributed by atoms with Gasteiger partial charge < -0.3 is 10.1 Å². The van der Waals surface area contributed by atoms with Crippen molar-refractivity contribution in [1.29, 1.82) is 0 Å². The molecule has 0 radical (unpaired) electrons. The van der Waals surface area contributed by atoms with Gasteiger partial charge in [0.2, 0.25) is 5.91 Å². The van der Waals surface area contributed by atoms with Crippen LogP contribution in [0.4, 0.5) is 11.5 Å². The van der Waals surface area contributed by atoms with Crippen molar-refractivity contribution in [3.8, 4) is 0 Å². The Kier molecular flexibility index (Phi) is 4.58. The molecule has 1 aromatic rings. The number of nitrogens with one attached hydrogen (secondary N) is 1. The van der Waals surface area contributed by atoms with Gasteiger partial charge in [-0.25, -0.2) is 4.98 Å². The molecule has 1 aromatic heterocycles. The lowest BCUT2D eigenvalue weighted by molar-refractivity contribution is -0.126. The van der Waals surface area contributed by atoms with Crippen LogP contribution in [0, 0.1) is 0 Å². The van der Waals surface area contributed by atoms with Crippen LogP contribution in [0.1, 0.15) is 19.8 Å². The van der Waals surface area contributed by atoms with Crippen molar-refractivity contribution in [3.63, 3.8) is 0 Å². The second-order valence-electron chi connectivity index (χ2n) is 6.19. The number of hydrogen-bond donors (Lipinski definition) is 1. The van der Waals surface area contributed by atoms with Crippen molar-refractivity contribution >= 4 is 23.3 Å². The van der Waals surface area contributed by atoms with Crippen LogP contribution in [0.25, 0.3) is 0 Å². The van der Waals surface area contributed by atoms with Gasteiger partial charge in [-0.3, -0.25) is 19.4 Å². The molecular formula is C16H22N4O3. The van der Waals surface area contributed by atoms with Crippen LogP contribution >= 0.6 is 0 Å². The van der Waals surface area contributed by atoms with E-state index in [0.717, 1.165) is 19.4 Å². The zero-order chi connectivity index (χ0) is 16.4. The highest BCUT2D eigenvalue weighted by Gasteiger charge is 2.28. The highest BCUT2D eigenvalue weighted by Crippen LogP contribution is 2.21. The molecule has 2 fully saturated rings. The van der Waals surface area contributed by atoms with Crippen LogP contribution in [0.5, 0.6) is 0 Å². The number of carbonyl (C=O) groups excluding carboxylic acids is 2. The summed E-state index contributed by atoms with van der Waals surface area (Å²) in [5.74, 6) is 0.516. The topological polar surface area (TPSA) is 74.8 Å². The first kappa shape index (κ1) is 15.9. The minimum absolute atomic E-state index is 0.0383. The van der Waals surface area contributed by atoms with E-state index in [2.05, 4.69) is 10.3 Å². The molecular weight excluding hydrogens is 296 g/mol. The van der Waals surface area contributed by atoms with E-state index >= 15 is 0 Å². The van der Waals surface area contributed by atoms with Gasteiger partial charge in [-0.2, -0.15) is 0 Å². The lowest BCUT2D eigenvalue weighted by Crippen LogP contribution is -2.49. The van der Waals surface area contributed by atoms with Crippen LogP contribution in [0.3, 0.4) is 0 Å². The third-order valence-corrected chi connectivity index (χ3v) is 4.23. The van der Waals surface area contributed by atoms with Crippen LogP contribution < -0.4 is 10.2 Å². The normalized spacial score (nSPS) is 25.7. The summed E-state index contributed by atoms with van der Waals surface area (Å²) in [4.78, 5) is 32.1. The summed E-state index contributed by atoms with van der Waals surface area (Å²) < 4.78 is 5.55. The molecule has 2 aliphatic heterocycles. The molecule has 23 heavy (non-hydrogen) atoms. The Morgan fingerprint density at radius 2 is 2.17 bits per heavy atom. The molecule has 2 atom stereocenters. The van der Waals surface area contributed by atoms with Crippen LogP contribution in [0.15, 0.2) is 18.3 Å². The van der Waals surface area contributed by atoms with Crippen molar-refractivity contribution in [3.05, 3.63) is 18.3 Å². The molecule has 0 saturated carbocycles. The number of likely N-dealkylation sites (N-methyl/N-ethyl adjacent to an activating group) is 1. The molecule has 7 heteroatoms. The molecule has 2 saturated heterocycles. The van der Waals surface area contributed by atoms with Crippen molar-refractivity contribution in [2.24, 2.45) is 0 Å². The number of nitrogens with zero attached hydrogens (tertiary/aromatic N) is 3. The molecule has 0 aromatic carbocycles. The average molecular weight is 318 g/mol. The number of amides is 2. The number of pyridine rings is 1. The third-order valence-electron chi connectivity index (χ3n) is 4.23. The molecule has 0 bridgehead atoms. The van der Waals surface area contributed by atoms with Crippen molar-refractivity contribution in [1.82, 2.24) is 9.88 Å². The van der Waals surface area contributed by atoms with Gasteiger partial charge in [-0.05, 0) is 38.9 Å². The first-order valence-corrected chi connectivity index (χ1v) is 7.94. The minimum Gasteiger partial charge on any atom is -0.365 e. The van der Waals surface area contributed by atoms with Gasteiger partial charge in [0.1, 0.15) is 11.9 Å². The van der Waals surface area contributed by atoms with Gasteiger partial charge in [0.15, 0.2) is 0 Å². The lowest BCUT2D eigenvalue weighted by Gasteiger charge is -2.31. The summed E-state index contributed by atoms with van der Waals surface area (Å²) in [5, 5.41) is 2.81. The number of hydrogen-bond acceptors (Lipinski definition) is 5. The molecule has 1 N–H and O–H groups in total. The Balaban J connectivity index is 1.61. The number of aromatic nitrogens is 1. The maximum atomic E-state index is 12.1. The summed E-state index contributed by atoms with van der Waals surface area (Å²) >= 11 is 0. The minimum atomic E-state index is -0.385. The van der Waals surface area contributed by atoms with Crippen molar-refractivity contribution < 1.29 is 14.3 Å². The van der Waals surface area contributed by atoms with Crippen LogP contribution in [-0.4, -0.2) is 60.6 Å². The summed E-state index contributed by atoms with van der Waals surface area (Å²) in [6.07, 6.45) is 2.98. The predicted octanol–water partition coefficient (Wildman–Crippen LogP) is 0.866. The van der Waals surface area contributed by atoms with Gasteiger partial charge in [0.25, 0.3) is 5.91 Å². The lowest BCUT2D eigenvalue weighted by atomic mass is 10.2. The zero-order valence-electron chi connectivity index (χ0n) is 13.5. The monoisotopic (exact) mass is 318 g/mol. The van der Waals surface area contributed by atoms with Gasteiger partial charge in [-0.15, -0.1) is 0 Å². The van der Waals surface area contributed by atoms with Crippen LogP contribution in [0.2, 0.25) is 0 Å². The second-order valence-corrected chi connectivity index (χ2v) is 6.19. The fraction of sp³-hybridized carbons (Fsp3) is 0.562. The fourth-order valence-electron chi connectivity index (χ4n) is 2.87. The molecule has 0 spiro atoms. The molecule has 3 rings (SSSR count). The number of piperazine rings is 1. The summed E-state index contributed by atoms with van der Waals surface area (Å²) in [7, 11) is 1.92. The van der Waals surface area contributed by atoms with E-state index in [4.69, 9.17) is 4.74 Å². The number of rotatable bonds is 3. The largest absolute Gasteiger partial charge is 0.365 e. The fourth-order valence-corrected chi connectivity index (χ4v) is 2.87. The molecule has 0 aliphatic carbocycles. The molecule has 7 nitrogen and oxygen atoms in total. The van der Waals surface area contributed by atoms with Crippen molar-refractivity contribution in [2.75, 3.05) is 36.9 Å². The Bertz CT molecular complexity index is 589. The van der Waals surface area contributed by atoms with Crippen molar-refractivity contribution in [2.45, 2.75) is 32.0 Å². The highest BCUT2D eigenvalue weighted by molar-refractivity contribution is 5.96. The van der Waals surface area contributed by atoms with Gasteiger partial charge in [0, 0.05) is 13.1 Å². The third kappa shape index (κ3) is 3.68. The predicted molar refractivity (Wildman–Crippen MR) is 86.3 cm³/mol. The maximum absolute atomic E-state index is 12.1. The average Bonchev–Trinajstić information content (AvgIpc) is 2.95.